The second kappa shape index (κ2) is 8.88. The number of carbonyl (C=O) groups is 1. The number of fused-ring (bicyclic) bond motifs is 2. The Bertz CT molecular complexity index is 990. The third-order valence-corrected chi connectivity index (χ3v) is 6.68. The molecule has 0 radical (unpaired) electrons. The molecule has 3 aliphatic heterocycles. The van der Waals surface area contributed by atoms with E-state index in [0.29, 0.717) is 23.7 Å². The zero-order chi connectivity index (χ0) is 22.1. The van der Waals surface area contributed by atoms with Crippen LogP contribution in [-0.2, 0) is 6.42 Å². The van der Waals surface area contributed by atoms with E-state index < -0.39 is 0 Å². The largest absolute Gasteiger partial charge is 0.454 e. The summed E-state index contributed by atoms with van der Waals surface area (Å²) in [4.78, 5) is 19.8. The summed E-state index contributed by atoms with van der Waals surface area (Å²) in [6.07, 6.45) is 1.08. The molecule has 0 saturated carbocycles. The van der Waals surface area contributed by atoms with Gasteiger partial charge < -0.3 is 29.9 Å². The molecule has 2 aromatic carbocycles. The molecule has 0 aliphatic carbocycles. The van der Waals surface area contributed by atoms with Crippen LogP contribution in [0.3, 0.4) is 0 Å². The first-order chi connectivity index (χ1) is 15.6. The van der Waals surface area contributed by atoms with Gasteiger partial charge in [0.2, 0.25) is 6.79 Å². The molecule has 8 nitrogen and oxygen atoms in total. The molecule has 1 fully saturated rings. The summed E-state index contributed by atoms with van der Waals surface area (Å²) in [6.45, 7) is 5.88. The average Bonchev–Trinajstić information content (AvgIpc) is 3.41. The van der Waals surface area contributed by atoms with Crippen LogP contribution in [-0.4, -0.2) is 76.0 Å². The van der Waals surface area contributed by atoms with Gasteiger partial charge in [-0.05, 0) is 42.8 Å². The number of nitrogens with zero attached hydrogens (tertiary/aromatic N) is 3. The van der Waals surface area contributed by atoms with Gasteiger partial charge in [0, 0.05) is 63.8 Å². The summed E-state index contributed by atoms with van der Waals surface area (Å²) in [5.41, 5.74) is 4.67. The second-order valence-electron chi connectivity index (χ2n) is 8.82. The fourth-order valence-corrected chi connectivity index (χ4v) is 4.72. The summed E-state index contributed by atoms with van der Waals surface area (Å²) in [5, 5.41) is 6.01. The lowest BCUT2D eigenvalue weighted by Gasteiger charge is -2.38. The quantitative estimate of drug-likeness (QED) is 0.749. The second-order valence-corrected chi connectivity index (χ2v) is 8.82. The lowest BCUT2D eigenvalue weighted by molar-refractivity contribution is 0.111. The lowest BCUT2D eigenvalue weighted by Crippen LogP contribution is -2.48. The van der Waals surface area contributed by atoms with Crippen molar-refractivity contribution >= 4 is 17.4 Å². The Hall–Kier alpha value is -2.97. The molecule has 0 bridgehead atoms. The number of carbonyl (C=O) groups excluding carboxylic acids is 1. The number of rotatable bonds is 5. The number of benzene rings is 2. The summed E-state index contributed by atoms with van der Waals surface area (Å²) >= 11 is 0. The minimum atomic E-state index is -0.219. The molecule has 2 amide bonds. The Labute approximate surface area is 189 Å². The fraction of sp³-hybridized carbons (Fsp3) is 0.458. The number of likely N-dealkylation sites (N-methyl/N-ethyl adjacent to an activating group) is 2. The van der Waals surface area contributed by atoms with Crippen LogP contribution in [0.4, 0.5) is 16.2 Å². The van der Waals surface area contributed by atoms with Gasteiger partial charge in [0.25, 0.3) is 0 Å². The summed E-state index contributed by atoms with van der Waals surface area (Å²) < 4.78 is 10.7. The van der Waals surface area contributed by atoms with E-state index in [1.54, 1.807) is 6.07 Å². The average molecular weight is 438 g/mol. The Morgan fingerprint density at radius 2 is 1.81 bits per heavy atom. The highest BCUT2D eigenvalue weighted by molar-refractivity contribution is 5.89. The number of nitrogens with one attached hydrogen (secondary N) is 2. The van der Waals surface area contributed by atoms with Gasteiger partial charge in [0.15, 0.2) is 11.5 Å². The van der Waals surface area contributed by atoms with E-state index in [0.717, 1.165) is 39.1 Å². The van der Waals surface area contributed by atoms with Crippen molar-refractivity contribution in [2.24, 2.45) is 0 Å². The molecule has 32 heavy (non-hydrogen) atoms. The van der Waals surface area contributed by atoms with Gasteiger partial charge >= 0.3 is 6.03 Å². The van der Waals surface area contributed by atoms with Crippen LogP contribution >= 0.6 is 0 Å². The van der Waals surface area contributed by atoms with Crippen LogP contribution in [0.25, 0.3) is 0 Å². The van der Waals surface area contributed by atoms with E-state index in [9.17, 15) is 4.79 Å². The number of amides is 2. The standard InChI is InChI=1S/C24H31N5O3/c1-27-9-11-29(12-10-27)21(17-3-5-20-18(13-17)7-8-28(20)2)15-25-24(30)26-19-4-6-22-23(14-19)32-16-31-22/h3-6,13-14,21H,7-12,15-16H2,1-2H3,(H2,25,26,30)/t21-/m1/s1. The topological polar surface area (TPSA) is 69.3 Å². The van der Waals surface area contributed by atoms with Crippen molar-refractivity contribution in [2.75, 3.05) is 70.4 Å². The molecular formula is C24H31N5O3. The predicted octanol–water partition coefficient (Wildman–Crippen LogP) is 2.52. The summed E-state index contributed by atoms with van der Waals surface area (Å²) in [6, 6.07) is 12.1. The maximum atomic E-state index is 12.7. The zero-order valence-electron chi connectivity index (χ0n) is 18.8. The van der Waals surface area contributed by atoms with Crippen LogP contribution < -0.4 is 25.0 Å². The van der Waals surface area contributed by atoms with E-state index in [-0.39, 0.29) is 18.9 Å². The van der Waals surface area contributed by atoms with Crippen LogP contribution in [0.15, 0.2) is 36.4 Å². The van der Waals surface area contributed by atoms with E-state index in [2.05, 4.69) is 57.6 Å². The minimum absolute atomic E-state index is 0.141. The van der Waals surface area contributed by atoms with Crippen molar-refractivity contribution in [1.82, 2.24) is 15.1 Å². The predicted molar refractivity (Wildman–Crippen MR) is 125 cm³/mol. The van der Waals surface area contributed by atoms with Gasteiger partial charge in [-0.2, -0.15) is 0 Å². The highest BCUT2D eigenvalue weighted by Crippen LogP contribution is 2.34. The van der Waals surface area contributed by atoms with Gasteiger partial charge in [0.05, 0.1) is 6.04 Å². The SMILES string of the molecule is CN1CCN([C@H](CNC(=O)Nc2ccc3c(c2)OCO3)c2ccc3c(c2)CCN3C)CC1. The van der Waals surface area contributed by atoms with Gasteiger partial charge in [0.1, 0.15) is 0 Å². The molecule has 3 heterocycles. The first kappa shape index (κ1) is 20.9. The van der Waals surface area contributed by atoms with E-state index in [1.807, 2.05) is 12.1 Å². The first-order valence-corrected chi connectivity index (χ1v) is 11.3. The third kappa shape index (κ3) is 4.33. The molecule has 3 aliphatic rings. The summed E-state index contributed by atoms with van der Waals surface area (Å²) in [7, 11) is 4.31. The molecule has 2 aromatic rings. The van der Waals surface area contributed by atoms with Crippen LogP contribution in [0, 0.1) is 0 Å². The molecule has 1 atom stereocenters. The molecule has 0 aromatic heterocycles. The van der Waals surface area contributed by atoms with Crippen molar-refractivity contribution in [2.45, 2.75) is 12.5 Å². The van der Waals surface area contributed by atoms with Crippen molar-refractivity contribution in [3.8, 4) is 11.5 Å². The van der Waals surface area contributed by atoms with Gasteiger partial charge in [-0.3, -0.25) is 4.90 Å². The number of hydrogen-bond donors (Lipinski definition) is 2. The Morgan fingerprint density at radius 1 is 1.00 bits per heavy atom. The Morgan fingerprint density at radius 3 is 2.66 bits per heavy atom. The van der Waals surface area contributed by atoms with E-state index in [4.69, 9.17) is 9.47 Å². The monoisotopic (exact) mass is 437 g/mol. The van der Waals surface area contributed by atoms with E-state index >= 15 is 0 Å². The van der Waals surface area contributed by atoms with Crippen molar-refractivity contribution in [3.63, 3.8) is 0 Å². The van der Waals surface area contributed by atoms with E-state index in [1.165, 1.54) is 16.8 Å². The maximum absolute atomic E-state index is 12.7. The number of ether oxygens (including phenoxy) is 2. The Balaban J connectivity index is 1.28. The lowest BCUT2D eigenvalue weighted by atomic mass is 10.00. The molecule has 1 saturated heterocycles. The van der Waals surface area contributed by atoms with Gasteiger partial charge in [-0.15, -0.1) is 0 Å². The van der Waals surface area contributed by atoms with Gasteiger partial charge in [-0.25, -0.2) is 4.79 Å². The Kier molecular flexibility index (Phi) is 5.80. The smallest absolute Gasteiger partial charge is 0.319 e. The number of piperazine rings is 1. The normalized spacial score (nSPS) is 19.0. The van der Waals surface area contributed by atoms with Crippen LogP contribution in [0.5, 0.6) is 11.5 Å². The van der Waals surface area contributed by atoms with Crippen molar-refractivity contribution in [1.29, 1.82) is 0 Å². The van der Waals surface area contributed by atoms with Gasteiger partial charge in [-0.1, -0.05) is 12.1 Å². The van der Waals surface area contributed by atoms with Crippen molar-refractivity contribution < 1.29 is 14.3 Å². The maximum Gasteiger partial charge on any atom is 0.319 e. The van der Waals surface area contributed by atoms with Crippen LogP contribution in [0.1, 0.15) is 17.2 Å². The molecule has 0 spiro atoms. The number of urea groups is 1. The number of hydrogen-bond acceptors (Lipinski definition) is 6. The molecule has 5 rings (SSSR count). The molecule has 2 N–H and O–H groups in total. The van der Waals surface area contributed by atoms with Crippen molar-refractivity contribution in [3.05, 3.63) is 47.5 Å². The summed E-state index contributed by atoms with van der Waals surface area (Å²) in [5.74, 6) is 1.36. The highest BCUT2D eigenvalue weighted by Gasteiger charge is 2.26. The molecule has 170 valence electrons. The zero-order valence-corrected chi connectivity index (χ0v) is 18.8. The fourth-order valence-electron chi connectivity index (χ4n) is 4.72. The number of anilines is 2. The highest BCUT2D eigenvalue weighted by atomic mass is 16.7. The molecule has 8 heteroatoms. The minimum Gasteiger partial charge on any atom is -0.454 e. The third-order valence-electron chi connectivity index (χ3n) is 6.68. The van der Waals surface area contributed by atoms with Crippen LogP contribution in [0.2, 0.25) is 0 Å². The first-order valence-electron chi connectivity index (χ1n) is 11.3. The molecule has 0 unspecified atom stereocenters. The molecular weight excluding hydrogens is 406 g/mol.